The summed E-state index contributed by atoms with van der Waals surface area (Å²) in [5.74, 6) is -5.05. The van der Waals surface area contributed by atoms with Gasteiger partial charge in [-0.2, -0.15) is 13.2 Å². The Bertz CT molecular complexity index is 344. The SMILES string of the molecule is NC1=CC(F)(Cl)C(C(F)(F)F)C(F)=C1Cl. The molecule has 1 rings (SSSR count). The van der Waals surface area contributed by atoms with Gasteiger partial charge in [-0.1, -0.05) is 23.2 Å². The summed E-state index contributed by atoms with van der Waals surface area (Å²) < 4.78 is 63.1. The van der Waals surface area contributed by atoms with Crippen LogP contribution in [0.25, 0.3) is 0 Å². The van der Waals surface area contributed by atoms with Gasteiger partial charge in [-0.25, -0.2) is 8.78 Å². The molecule has 8 heteroatoms. The first kappa shape index (κ1) is 12.6. The second-order valence-corrected chi connectivity index (χ2v) is 3.87. The van der Waals surface area contributed by atoms with Crippen LogP contribution in [-0.4, -0.2) is 11.3 Å². The lowest BCUT2D eigenvalue weighted by molar-refractivity contribution is -0.185. The van der Waals surface area contributed by atoms with Crippen LogP contribution < -0.4 is 5.73 Å². The van der Waals surface area contributed by atoms with E-state index in [-0.39, 0.29) is 6.08 Å². The lowest BCUT2D eigenvalue weighted by Crippen LogP contribution is -2.41. The third-order valence-electron chi connectivity index (χ3n) is 1.78. The molecule has 0 aliphatic heterocycles. The van der Waals surface area contributed by atoms with Crippen LogP contribution in [0.3, 0.4) is 0 Å². The van der Waals surface area contributed by atoms with Crippen molar-refractivity contribution in [1.29, 1.82) is 0 Å². The lowest BCUT2D eigenvalue weighted by Gasteiger charge is -2.30. The summed E-state index contributed by atoms with van der Waals surface area (Å²) in [6, 6.07) is 0. The molecule has 15 heavy (non-hydrogen) atoms. The van der Waals surface area contributed by atoms with Gasteiger partial charge in [0, 0.05) is 0 Å². The van der Waals surface area contributed by atoms with Crippen molar-refractivity contribution in [3.05, 3.63) is 22.6 Å². The molecular formula is C7H4Cl2F5N. The Hall–Kier alpha value is -0.490. The molecule has 0 bridgehead atoms. The first-order valence-electron chi connectivity index (χ1n) is 3.55. The third-order valence-corrected chi connectivity index (χ3v) is 2.50. The van der Waals surface area contributed by atoms with Crippen LogP contribution in [0.2, 0.25) is 0 Å². The van der Waals surface area contributed by atoms with Crippen LogP contribution >= 0.6 is 23.2 Å². The van der Waals surface area contributed by atoms with Gasteiger partial charge in [-0.3, -0.25) is 0 Å². The van der Waals surface area contributed by atoms with E-state index in [1.165, 1.54) is 0 Å². The molecule has 0 saturated carbocycles. The van der Waals surface area contributed by atoms with Crippen molar-refractivity contribution in [3.63, 3.8) is 0 Å². The molecule has 0 aromatic heterocycles. The fourth-order valence-electron chi connectivity index (χ4n) is 1.15. The second kappa shape index (κ2) is 3.52. The zero-order valence-electron chi connectivity index (χ0n) is 6.88. The molecule has 0 aromatic carbocycles. The van der Waals surface area contributed by atoms with Crippen molar-refractivity contribution in [3.8, 4) is 0 Å². The molecule has 0 radical (unpaired) electrons. The fraction of sp³-hybridized carbons (Fsp3) is 0.429. The molecule has 1 aliphatic rings. The third kappa shape index (κ3) is 2.20. The molecule has 0 aromatic rings. The van der Waals surface area contributed by atoms with Gasteiger partial charge in [0.15, 0.2) is 5.92 Å². The summed E-state index contributed by atoms with van der Waals surface area (Å²) in [4.78, 5) is 0. The van der Waals surface area contributed by atoms with Crippen molar-refractivity contribution >= 4 is 23.2 Å². The average molecular weight is 268 g/mol. The molecule has 0 heterocycles. The van der Waals surface area contributed by atoms with Crippen molar-refractivity contribution in [1.82, 2.24) is 0 Å². The Labute approximate surface area is 91.3 Å². The molecule has 1 aliphatic carbocycles. The highest BCUT2D eigenvalue weighted by molar-refractivity contribution is 6.33. The molecule has 2 unspecified atom stereocenters. The van der Waals surface area contributed by atoms with Gasteiger partial charge in [0.05, 0.1) is 10.7 Å². The van der Waals surface area contributed by atoms with E-state index in [4.69, 9.17) is 28.9 Å². The Morgan fingerprint density at radius 1 is 1.40 bits per heavy atom. The maximum atomic E-state index is 13.3. The van der Waals surface area contributed by atoms with Crippen molar-refractivity contribution in [2.24, 2.45) is 11.7 Å². The van der Waals surface area contributed by atoms with Crippen LogP contribution in [0.15, 0.2) is 22.6 Å². The Morgan fingerprint density at radius 3 is 2.27 bits per heavy atom. The monoisotopic (exact) mass is 267 g/mol. The minimum atomic E-state index is -5.18. The highest BCUT2D eigenvalue weighted by Crippen LogP contribution is 2.50. The average Bonchev–Trinajstić information content (AvgIpc) is 1.95. The predicted octanol–water partition coefficient (Wildman–Crippen LogP) is 3.35. The maximum absolute atomic E-state index is 13.3. The fourth-order valence-corrected chi connectivity index (χ4v) is 1.65. The summed E-state index contributed by atoms with van der Waals surface area (Å²) in [6.45, 7) is 0. The van der Waals surface area contributed by atoms with Gasteiger partial charge in [0.25, 0.3) is 0 Å². The van der Waals surface area contributed by atoms with E-state index in [0.717, 1.165) is 0 Å². The normalized spacial score (nSPS) is 33.0. The number of alkyl halides is 5. The van der Waals surface area contributed by atoms with Crippen LogP contribution in [0.1, 0.15) is 0 Å². The number of hydrogen-bond donors (Lipinski definition) is 1. The minimum absolute atomic E-state index is 0.234. The van der Waals surface area contributed by atoms with E-state index < -0.39 is 33.8 Å². The van der Waals surface area contributed by atoms with E-state index in [2.05, 4.69) is 0 Å². The molecule has 86 valence electrons. The van der Waals surface area contributed by atoms with Gasteiger partial charge in [0.2, 0.25) is 5.13 Å². The van der Waals surface area contributed by atoms with Crippen LogP contribution in [0, 0.1) is 5.92 Å². The van der Waals surface area contributed by atoms with Crippen molar-refractivity contribution < 1.29 is 22.0 Å². The van der Waals surface area contributed by atoms with Crippen molar-refractivity contribution in [2.75, 3.05) is 0 Å². The van der Waals surface area contributed by atoms with Crippen molar-refractivity contribution in [2.45, 2.75) is 11.3 Å². The van der Waals surface area contributed by atoms with Gasteiger partial charge >= 0.3 is 6.18 Å². The van der Waals surface area contributed by atoms with E-state index in [1.54, 1.807) is 0 Å². The molecule has 0 saturated heterocycles. The predicted molar refractivity (Wildman–Crippen MR) is 45.5 cm³/mol. The Morgan fingerprint density at radius 2 is 1.87 bits per heavy atom. The lowest BCUT2D eigenvalue weighted by atomic mass is 9.94. The van der Waals surface area contributed by atoms with Gasteiger partial charge in [0.1, 0.15) is 5.83 Å². The summed E-state index contributed by atoms with van der Waals surface area (Å²) in [5, 5.41) is -4.42. The summed E-state index contributed by atoms with van der Waals surface area (Å²) >= 11 is 10.0. The summed E-state index contributed by atoms with van der Waals surface area (Å²) in [6.07, 6.45) is -4.95. The first-order chi connectivity index (χ1) is 6.57. The van der Waals surface area contributed by atoms with Gasteiger partial charge in [-0.15, -0.1) is 0 Å². The highest BCUT2D eigenvalue weighted by atomic mass is 35.5. The molecule has 0 fully saturated rings. The van der Waals surface area contributed by atoms with Crippen LogP contribution in [0.5, 0.6) is 0 Å². The molecule has 1 nitrogen and oxygen atoms in total. The zero-order valence-corrected chi connectivity index (χ0v) is 8.39. The summed E-state index contributed by atoms with van der Waals surface area (Å²) in [5.41, 5.74) is 4.33. The van der Waals surface area contributed by atoms with E-state index in [9.17, 15) is 22.0 Å². The standard InChI is InChI=1S/C7H4Cl2F5N/c8-3-2(15)1-6(9,11)5(4(3)10)7(12,13)14/h1,5H,15H2. The largest absolute Gasteiger partial charge is 0.402 e. The summed E-state index contributed by atoms with van der Waals surface area (Å²) in [7, 11) is 0. The smallest absolute Gasteiger partial charge is 0.398 e. The zero-order chi connectivity index (χ0) is 12.0. The van der Waals surface area contributed by atoms with Gasteiger partial charge < -0.3 is 5.73 Å². The number of allylic oxidation sites excluding steroid dienone is 3. The van der Waals surface area contributed by atoms with Crippen LogP contribution in [-0.2, 0) is 0 Å². The number of halogens is 7. The van der Waals surface area contributed by atoms with Gasteiger partial charge in [-0.05, 0) is 6.08 Å². The maximum Gasteiger partial charge on any atom is 0.402 e. The number of hydrogen-bond acceptors (Lipinski definition) is 1. The molecule has 2 N–H and O–H groups in total. The Balaban J connectivity index is 3.30. The first-order valence-corrected chi connectivity index (χ1v) is 4.31. The van der Waals surface area contributed by atoms with E-state index >= 15 is 0 Å². The number of rotatable bonds is 0. The van der Waals surface area contributed by atoms with E-state index in [1.807, 2.05) is 0 Å². The topological polar surface area (TPSA) is 26.0 Å². The van der Waals surface area contributed by atoms with E-state index in [0.29, 0.717) is 0 Å². The quantitative estimate of drug-likeness (QED) is 0.529. The molecule has 2 atom stereocenters. The second-order valence-electron chi connectivity index (χ2n) is 2.91. The molecule has 0 spiro atoms. The minimum Gasteiger partial charge on any atom is -0.398 e. The molecule has 0 amide bonds. The number of nitrogens with two attached hydrogens (primary N) is 1. The Kier molecular flexibility index (Phi) is 2.95. The highest BCUT2D eigenvalue weighted by Gasteiger charge is 2.58. The van der Waals surface area contributed by atoms with Crippen LogP contribution in [0.4, 0.5) is 22.0 Å². The molecular weight excluding hydrogens is 264 g/mol.